The van der Waals surface area contributed by atoms with Gasteiger partial charge in [0.2, 0.25) is 5.37 Å². The summed E-state index contributed by atoms with van der Waals surface area (Å²) in [6.07, 6.45) is 2.06. The highest BCUT2D eigenvalue weighted by Gasteiger charge is 2.45. The highest BCUT2D eigenvalue weighted by molar-refractivity contribution is 7.92. The molecule has 0 aliphatic carbocycles. The highest BCUT2D eigenvalue weighted by Crippen LogP contribution is 2.32. The molecular weight excluding hydrogens is 332 g/mol. The third-order valence-electron chi connectivity index (χ3n) is 4.31. The molecule has 0 spiro atoms. The van der Waals surface area contributed by atoms with Crippen LogP contribution in [0.5, 0.6) is 0 Å². The Bertz CT molecular complexity index is 733. The van der Waals surface area contributed by atoms with Crippen LogP contribution in [0.25, 0.3) is 0 Å². The average Bonchev–Trinajstić information content (AvgIpc) is 3.09. The van der Waals surface area contributed by atoms with Crippen molar-refractivity contribution in [2.75, 3.05) is 25.5 Å². The fraction of sp³-hybridized carbons (Fsp3) is 0.375. The van der Waals surface area contributed by atoms with Gasteiger partial charge in [-0.1, -0.05) is 29.8 Å². The lowest BCUT2D eigenvalue weighted by Gasteiger charge is -2.28. The first-order chi connectivity index (χ1) is 11.2. The monoisotopic (exact) mass is 348 g/mol. The lowest BCUT2D eigenvalue weighted by atomic mass is 10.1. The zero-order valence-electron chi connectivity index (χ0n) is 12.8. The van der Waals surface area contributed by atoms with Crippen molar-refractivity contribution in [3.8, 4) is 0 Å². The van der Waals surface area contributed by atoms with Crippen LogP contribution < -0.4 is 0 Å². The van der Waals surface area contributed by atoms with Crippen LogP contribution in [0.4, 0.5) is 0 Å². The van der Waals surface area contributed by atoms with Crippen molar-refractivity contribution in [1.82, 2.24) is 9.91 Å². The van der Waals surface area contributed by atoms with E-state index in [0.717, 1.165) is 29.2 Å². The first kappa shape index (κ1) is 15.1. The molecule has 0 saturated heterocycles. The number of halogens is 1. The fourth-order valence-electron chi connectivity index (χ4n) is 3.14. The summed E-state index contributed by atoms with van der Waals surface area (Å²) in [4.78, 5) is 6.89. The molecule has 0 fully saturated rings. The van der Waals surface area contributed by atoms with Gasteiger partial charge in [0.05, 0.1) is 11.6 Å². The van der Waals surface area contributed by atoms with E-state index in [4.69, 9.17) is 21.7 Å². The van der Waals surface area contributed by atoms with E-state index in [2.05, 4.69) is 17.9 Å². The molecule has 3 aliphatic rings. The van der Waals surface area contributed by atoms with Gasteiger partial charge in [0, 0.05) is 17.7 Å². The Morgan fingerprint density at radius 1 is 1.39 bits per heavy atom. The average molecular weight is 349 g/mol. The molecule has 120 valence electrons. The van der Waals surface area contributed by atoms with E-state index in [0.29, 0.717) is 24.0 Å². The van der Waals surface area contributed by atoms with Gasteiger partial charge in [-0.05, 0) is 30.2 Å². The number of aliphatic imine (C=N–C) groups is 1. The summed E-state index contributed by atoms with van der Waals surface area (Å²) in [6.45, 7) is 4.06. The second-order valence-corrected chi connectivity index (χ2v) is 7.63. The largest absolute Gasteiger partial charge is 0.614 e. The Morgan fingerprint density at radius 3 is 3.00 bits per heavy atom. The zero-order chi connectivity index (χ0) is 16.0. The summed E-state index contributed by atoms with van der Waals surface area (Å²) >= 11 is 5.44. The van der Waals surface area contributed by atoms with Crippen molar-refractivity contribution in [2.45, 2.75) is 12.3 Å². The van der Waals surface area contributed by atoms with Gasteiger partial charge < -0.3 is 4.55 Å². The Kier molecular flexibility index (Phi) is 3.83. The first-order valence-corrected chi connectivity index (χ1v) is 9.41. The molecule has 0 radical (unpaired) electrons. The first-order valence-electron chi connectivity index (χ1n) is 7.65. The number of nitrogens with zero attached hydrogens (tertiary/aromatic N) is 4. The third kappa shape index (κ3) is 2.45. The summed E-state index contributed by atoms with van der Waals surface area (Å²) in [5, 5.41) is 7.22. The number of hydrogen-bond acceptors (Lipinski definition) is 5. The fourth-order valence-corrected chi connectivity index (χ4v) is 4.88. The number of rotatable bonds is 2. The van der Waals surface area contributed by atoms with E-state index in [-0.39, 0.29) is 5.37 Å². The van der Waals surface area contributed by atoms with Gasteiger partial charge in [0.25, 0.3) is 0 Å². The maximum absolute atomic E-state index is 12.5. The predicted molar refractivity (Wildman–Crippen MR) is 94.3 cm³/mol. The quantitative estimate of drug-likeness (QED) is 0.607. The number of hydrogen-bond donors (Lipinski definition) is 0. The number of fused-ring (bicyclic) bond motifs is 3. The standard InChI is InChI=1S/C16H17ClN4OS/c1-2-20-10-21-15(19-20)14(12-5-3-4-6-13(12)17)18-9-11-7-8-23(22)16(11)21/h3-7,16H,2,8-10H2,1H3. The van der Waals surface area contributed by atoms with Crippen molar-refractivity contribution < 1.29 is 4.55 Å². The van der Waals surface area contributed by atoms with Crippen LogP contribution >= 0.6 is 11.6 Å². The van der Waals surface area contributed by atoms with Crippen molar-refractivity contribution in [3.63, 3.8) is 0 Å². The number of benzene rings is 1. The van der Waals surface area contributed by atoms with Crippen LogP contribution in [-0.2, 0) is 11.2 Å². The van der Waals surface area contributed by atoms with Gasteiger partial charge >= 0.3 is 0 Å². The molecule has 23 heavy (non-hydrogen) atoms. The maximum atomic E-state index is 12.5. The van der Waals surface area contributed by atoms with E-state index >= 15 is 0 Å². The van der Waals surface area contributed by atoms with E-state index in [1.807, 2.05) is 29.3 Å². The molecule has 2 unspecified atom stereocenters. The summed E-state index contributed by atoms with van der Waals surface area (Å²) < 4.78 is 12.5. The van der Waals surface area contributed by atoms with Gasteiger partial charge in [-0.3, -0.25) is 14.9 Å². The van der Waals surface area contributed by atoms with Gasteiger partial charge in [-0.2, -0.15) is 5.10 Å². The minimum Gasteiger partial charge on any atom is -0.614 e. The molecule has 0 amide bonds. The van der Waals surface area contributed by atoms with Crippen LogP contribution in [0.15, 0.2) is 46.0 Å². The molecular formula is C16H17ClN4OS. The molecule has 4 rings (SSSR count). The number of amidine groups is 1. The normalized spacial score (nSPS) is 26.3. The Morgan fingerprint density at radius 2 is 2.22 bits per heavy atom. The minimum absolute atomic E-state index is 0.117. The molecule has 0 bridgehead atoms. The van der Waals surface area contributed by atoms with Crippen LogP contribution in [-0.4, -0.2) is 56.9 Å². The molecule has 1 aromatic carbocycles. The van der Waals surface area contributed by atoms with E-state index in [1.54, 1.807) is 0 Å². The van der Waals surface area contributed by atoms with Gasteiger partial charge in [-0.25, -0.2) is 0 Å². The Balaban J connectivity index is 1.83. The topological polar surface area (TPSA) is 54.3 Å². The van der Waals surface area contributed by atoms with Gasteiger partial charge in [-0.15, -0.1) is 0 Å². The van der Waals surface area contributed by atoms with Gasteiger partial charge in [0.15, 0.2) is 5.84 Å². The molecule has 0 N–H and O–H groups in total. The smallest absolute Gasteiger partial charge is 0.215 e. The second kappa shape index (κ2) is 5.85. The molecule has 7 heteroatoms. The molecule has 0 aromatic heterocycles. The molecule has 3 heterocycles. The predicted octanol–water partition coefficient (Wildman–Crippen LogP) is 2.07. The van der Waals surface area contributed by atoms with Crippen LogP contribution in [0.3, 0.4) is 0 Å². The van der Waals surface area contributed by atoms with E-state index in [1.165, 1.54) is 0 Å². The van der Waals surface area contributed by atoms with Crippen molar-refractivity contribution in [1.29, 1.82) is 0 Å². The minimum atomic E-state index is -0.935. The summed E-state index contributed by atoms with van der Waals surface area (Å²) in [6, 6.07) is 7.68. The Hall–Kier alpha value is -1.50. The van der Waals surface area contributed by atoms with Crippen LogP contribution in [0.2, 0.25) is 5.02 Å². The van der Waals surface area contributed by atoms with Gasteiger partial charge in [0.1, 0.15) is 18.1 Å². The zero-order valence-corrected chi connectivity index (χ0v) is 14.3. The summed E-state index contributed by atoms with van der Waals surface area (Å²) in [5.74, 6) is 1.39. The highest BCUT2D eigenvalue weighted by atomic mass is 35.5. The SMILES string of the molecule is CCN1CN2C(=N1)C(c1ccccc1Cl)=NCC1=CC[S+]([O-])C12. The lowest BCUT2D eigenvalue weighted by Crippen LogP contribution is -2.45. The van der Waals surface area contributed by atoms with Crippen LogP contribution in [0, 0.1) is 0 Å². The molecule has 1 aromatic rings. The lowest BCUT2D eigenvalue weighted by molar-refractivity contribution is 0.243. The summed E-state index contributed by atoms with van der Waals surface area (Å²) in [5.41, 5.74) is 2.79. The van der Waals surface area contributed by atoms with Crippen molar-refractivity contribution >= 4 is 34.3 Å². The Labute approximate surface area is 143 Å². The molecule has 3 aliphatic heterocycles. The molecule has 2 atom stereocenters. The summed E-state index contributed by atoms with van der Waals surface area (Å²) in [7, 11) is 0. The maximum Gasteiger partial charge on any atom is 0.215 e. The van der Waals surface area contributed by atoms with Crippen LogP contribution in [0.1, 0.15) is 12.5 Å². The van der Waals surface area contributed by atoms with Crippen molar-refractivity contribution in [3.05, 3.63) is 46.5 Å². The number of hydrazone groups is 1. The van der Waals surface area contributed by atoms with Crippen molar-refractivity contribution in [2.24, 2.45) is 10.1 Å². The molecule has 0 saturated carbocycles. The van der Waals surface area contributed by atoms with E-state index in [9.17, 15) is 4.55 Å². The van der Waals surface area contributed by atoms with E-state index < -0.39 is 11.2 Å². The molecule has 5 nitrogen and oxygen atoms in total. The second-order valence-electron chi connectivity index (χ2n) is 5.68. The third-order valence-corrected chi connectivity index (χ3v) is 6.19.